The summed E-state index contributed by atoms with van der Waals surface area (Å²) >= 11 is 0. The summed E-state index contributed by atoms with van der Waals surface area (Å²) < 4.78 is 4.91. The first-order valence-corrected chi connectivity index (χ1v) is 5.10. The molecular formula is C10H23ClN2O2. The van der Waals surface area contributed by atoms with E-state index in [9.17, 15) is 4.79 Å². The van der Waals surface area contributed by atoms with Crippen LogP contribution >= 0.6 is 12.4 Å². The molecular weight excluding hydrogens is 216 g/mol. The van der Waals surface area contributed by atoms with Gasteiger partial charge in [-0.3, -0.25) is 4.79 Å². The summed E-state index contributed by atoms with van der Waals surface area (Å²) in [7, 11) is 5.41. The molecule has 0 spiro atoms. The van der Waals surface area contributed by atoms with E-state index in [1.165, 1.54) is 0 Å². The molecule has 0 bridgehead atoms. The standard InChI is InChI=1S/C10H22N2O2.ClH/c1-11-7-8-12(2)10(13)6-4-5-9-14-3;/h11H,4-9H2,1-3H3;1H. The van der Waals surface area contributed by atoms with Gasteiger partial charge in [0.05, 0.1) is 0 Å². The van der Waals surface area contributed by atoms with Gasteiger partial charge < -0.3 is 15.0 Å². The zero-order valence-electron chi connectivity index (χ0n) is 9.91. The van der Waals surface area contributed by atoms with E-state index in [0.717, 1.165) is 32.5 Å². The van der Waals surface area contributed by atoms with Gasteiger partial charge in [-0.15, -0.1) is 12.4 Å². The van der Waals surface area contributed by atoms with Gasteiger partial charge in [-0.25, -0.2) is 0 Å². The molecule has 0 aliphatic heterocycles. The van der Waals surface area contributed by atoms with Gasteiger partial charge >= 0.3 is 0 Å². The molecule has 0 fully saturated rings. The second-order valence-electron chi connectivity index (χ2n) is 3.37. The van der Waals surface area contributed by atoms with Crippen LogP contribution in [-0.2, 0) is 9.53 Å². The summed E-state index contributed by atoms with van der Waals surface area (Å²) in [6.07, 6.45) is 2.50. The fourth-order valence-electron chi connectivity index (χ4n) is 1.12. The first-order chi connectivity index (χ1) is 6.72. The molecule has 15 heavy (non-hydrogen) atoms. The molecule has 0 unspecified atom stereocenters. The fourth-order valence-corrected chi connectivity index (χ4v) is 1.12. The number of likely N-dealkylation sites (N-methyl/N-ethyl adjacent to an activating group) is 2. The Morgan fingerprint density at radius 3 is 2.60 bits per heavy atom. The molecule has 0 aliphatic rings. The Labute approximate surface area is 98.8 Å². The summed E-state index contributed by atoms with van der Waals surface area (Å²) in [5, 5.41) is 3.02. The van der Waals surface area contributed by atoms with Crippen molar-refractivity contribution in [3.05, 3.63) is 0 Å². The summed E-state index contributed by atoms with van der Waals surface area (Å²) in [4.78, 5) is 13.2. The van der Waals surface area contributed by atoms with Crippen molar-refractivity contribution < 1.29 is 9.53 Å². The van der Waals surface area contributed by atoms with Crippen LogP contribution < -0.4 is 5.32 Å². The maximum Gasteiger partial charge on any atom is 0.222 e. The number of carbonyl (C=O) groups excluding carboxylic acids is 1. The van der Waals surface area contributed by atoms with Crippen molar-refractivity contribution in [2.75, 3.05) is 40.9 Å². The lowest BCUT2D eigenvalue weighted by atomic mass is 10.2. The molecule has 0 saturated carbocycles. The Hall–Kier alpha value is -0.320. The lowest BCUT2D eigenvalue weighted by Crippen LogP contribution is -2.32. The first-order valence-electron chi connectivity index (χ1n) is 5.10. The number of unbranched alkanes of at least 4 members (excludes halogenated alkanes) is 1. The van der Waals surface area contributed by atoms with E-state index in [2.05, 4.69) is 5.32 Å². The van der Waals surface area contributed by atoms with E-state index >= 15 is 0 Å². The molecule has 4 nitrogen and oxygen atoms in total. The highest BCUT2D eigenvalue weighted by molar-refractivity contribution is 5.85. The number of hydrogen-bond donors (Lipinski definition) is 1. The van der Waals surface area contributed by atoms with Crippen LogP contribution in [-0.4, -0.2) is 51.7 Å². The van der Waals surface area contributed by atoms with Crippen LogP contribution in [0.3, 0.4) is 0 Å². The van der Waals surface area contributed by atoms with Crippen molar-refractivity contribution >= 4 is 18.3 Å². The van der Waals surface area contributed by atoms with Crippen LogP contribution in [0.15, 0.2) is 0 Å². The molecule has 5 heteroatoms. The zero-order valence-corrected chi connectivity index (χ0v) is 10.7. The quantitative estimate of drug-likeness (QED) is 0.639. The van der Waals surface area contributed by atoms with E-state index in [-0.39, 0.29) is 18.3 Å². The van der Waals surface area contributed by atoms with Crippen molar-refractivity contribution in [1.82, 2.24) is 10.2 Å². The number of halogens is 1. The van der Waals surface area contributed by atoms with E-state index in [4.69, 9.17) is 4.74 Å². The van der Waals surface area contributed by atoms with Gasteiger partial charge in [0.15, 0.2) is 0 Å². The van der Waals surface area contributed by atoms with E-state index < -0.39 is 0 Å². The monoisotopic (exact) mass is 238 g/mol. The fraction of sp³-hybridized carbons (Fsp3) is 0.900. The highest BCUT2D eigenvalue weighted by Crippen LogP contribution is 1.99. The maximum absolute atomic E-state index is 11.5. The van der Waals surface area contributed by atoms with Gasteiger partial charge in [-0.2, -0.15) is 0 Å². The smallest absolute Gasteiger partial charge is 0.222 e. The van der Waals surface area contributed by atoms with Gasteiger partial charge in [0.1, 0.15) is 0 Å². The van der Waals surface area contributed by atoms with Crippen LogP contribution in [0, 0.1) is 0 Å². The number of rotatable bonds is 8. The number of ether oxygens (including phenoxy) is 1. The molecule has 0 aromatic heterocycles. The van der Waals surface area contributed by atoms with Crippen LogP contribution in [0.5, 0.6) is 0 Å². The number of nitrogens with zero attached hydrogens (tertiary/aromatic N) is 1. The molecule has 1 N–H and O–H groups in total. The third-order valence-electron chi connectivity index (χ3n) is 2.11. The predicted molar refractivity (Wildman–Crippen MR) is 64.5 cm³/mol. The molecule has 0 atom stereocenters. The topological polar surface area (TPSA) is 41.6 Å². The Bertz CT molecular complexity index is 156. The molecule has 0 radical (unpaired) electrons. The van der Waals surface area contributed by atoms with E-state index in [1.807, 2.05) is 14.1 Å². The Morgan fingerprint density at radius 2 is 2.07 bits per heavy atom. The number of amides is 1. The summed E-state index contributed by atoms with van der Waals surface area (Å²) in [6.45, 7) is 2.37. The van der Waals surface area contributed by atoms with Gasteiger partial charge in [-0.05, 0) is 19.9 Å². The minimum absolute atomic E-state index is 0. The molecule has 0 saturated heterocycles. The largest absolute Gasteiger partial charge is 0.385 e. The van der Waals surface area contributed by atoms with Gasteiger partial charge in [0.25, 0.3) is 0 Å². The third kappa shape index (κ3) is 9.97. The minimum Gasteiger partial charge on any atom is -0.385 e. The van der Waals surface area contributed by atoms with Crippen molar-refractivity contribution in [2.24, 2.45) is 0 Å². The average Bonchev–Trinajstić information content (AvgIpc) is 2.20. The van der Waals surface area contributed by atoms with Crippen LogP contribution in [0.1, 0.15) is 19.3 Å². The number of nitrogens with one attached hydrogen (secondary N) is 1. The summed E-state index contributed by atoms with van der Waals surface area (Å²) in [5.41, 5.74) is 0. The molecule has 0 heterocycles. The van der Waals surface area contributed by atoms with Crippen LogP contribution in [0.4, 0.5) is 0 Å². The van der Waals surface area contributed by atoms with E-state index in [1.54, 1.807) is 12.0 Å². The van der Waals surface area contributed by atoms with Crippen molar-refractivity contribution in [2.45, 2.75) is 19.3 Å². The molecule has 92 valence electrons. The Kier molecular flexibility index (Phi) is 13.4. The number of hydrogen-bond acceptors (Lipinski definition) is 3. The maximum atomic E-state index is 11.5. The molecule has 1 amide bonds. The van der Waals surface area contributed by atoms with Gasteiger partial charge in [0.2, 0.25) is 5.91 Å². The highest BCUT2D eigenvalue weighted by atomic mass is 35.5. The van der Waals surface area contributed by atoms with Crippen LogP contribution in [0.25, 0.3) is 0 Å². The molecule has 0 aliphatic carbocycles. The number of carbonyl (C=O) groups is 1. The second kappa shape index (κ2) is 11.8. The Balaban J connectivity index is 0. The first kappa shape index (κ1) is 17.1. The molecule has 0 aromatic carbocycles. The second-order valence-corrected chi connectivity index (χ2v) is 3.37. The van der Waals surface area contributed by atoms with E-state index in [0.29, 0.717) is 6.42 Å². The predicted octanol–water partition coefficient (Wildman–Crippen LogP) is 0.903. The van der Waals surface area contributed by atoms with Crippen molar-refractivity contribution in [3.63, 3.8) is 0 Å². The number of methoxy groups -OCH3 is 1. The minimum atomic E-state index is 0. The normalized spacial score (nSPS) is 9.53. The molecule has 0 aromatic rings. The molecule has 0 rings (SSSR count). The lowest BCUT2D eigenvalue weighted by molar-refractivity contribution is -0.130. The summed E-state index contributed by atoms with van der Waals surface area (Å²) in [5.74, 6) is 0.219. The van der Waals surface area contributed by atoms with Crippen molar-refractivity contribution in [1.29, 1.82) is 0 Å². The Morgan fingerprint density at radius 1 is 1.40 bits per heavy atom. The van der Waals surface area contributed by atoms with Crippen LogP contribution in [0.2, 0.25) is 0 Å². The van der Waals surface area contributed by atoms with Gasteiger partial charge in [0, 0.05) is 40.3 Å². The van der Waals surface area contributed by atoms with Crippen molar-refractivity contribution in [3.8, 4) is 0 Å². The SMILES string of the molecule is CNCCN(C)C(=O)CCCCOC.Cl. The zero-order chi connectivity index (χ0) is 10.8. The highest BCUT2D eigenvalue weighted by Gasteiger charge is 2.06. The third-order valence-corrected chi connectivity index (χ3v) is 2.11. The van der Waals surface area contributed by atoms with Gasteiger partial charge in [-0.1, -0.05) is 0 Å². The lowest BCUT2D eigenvalue weighted by Gasteiger charge is -2.16. The summed E-state index contributed by atoms with van der Waals surface area (Å²) in [6, 6.07) is 0. The average molecular weight is 239 g/mol.